The smallest absolute Gasteiger partial charge is 0.225 e. The van der Waals surface area contributed by atoms with Gasteiger partial charge in [-0.1, -0.05) is 11.6 Å². The van der Waals surface area contributed by atoms with Crippen LogP contribution in [0.5, 0.6) is 0 Å². The Bertz CT molecular complexity index is 483. The molecule has 1 saturated heterocycles. The summed E-state index contributed by atoms with van der Waals surface area (Å²) in [7, 11) is 0. The standard InChI is InChI=1S/C14H19ClFN3O/c1-10-9-17-5-7-19(10)6-4-14(20)18-13-3-2-11(15)8-12(13)16/h2-3,8,10,17H,4-7,9H2,1H3,(H,18,20)/t10-/m0/s1. The zero-order chi connectivity index (χ0) is 14.5. The normalized spacial score (nSPS) is 19.9. The third kappa shape index (κ3) is 4.16. The van der Waals surface area contributed by atoms with Crippen LogP contribution >= 0.6 is 11.6 Å². The van der Waals surface area contributed by atoms with E-state index >= 15 is 0 Å². The molecule has 1 amide bonds. The van der Waals surface area contributed by atoms with Crippen molar-refractivity contribution in [1.29, 1.82) is 0 Å². The number of hydrogen-bond donors (Lipinski definition) is 2. The van der Waals surface area contributed by atoms with Gasteiger partial charge in [0.2, 0.25) is 5.91 Å². The Hall–Kier alpha value is -1.17. The first kappa shape index (κ1) is 15.2. The number of halogens is 2. The molecule has 0 saturated carbocycles. The Balaban J connectivity index is 1.83. The van der Waals surface area contributed by atoms with Crippen molar-refractivity contribution in [1.82, 2.24) is 10.2 Å². The van der Waals surface area contributed by atoms with E-state index in [1.165, 1.54) is 12.1 Å². The highest BCUT2D eigenvalue weighted by Gasteiger charge is 2.18. The van der Waals surface area contributed by atoms with Crippen molar-refractivity contribution < 1.29 is 9.18 Å². The average Bonchev–Trinajstić information content (AvgIpc) is 2.41. The van der Waals surface area contributed by atoms with E-state index in [1.807, 2.05) is 0 Å². The maximum Gasteiger partial charge on any atom is 0.225 e. The average molecular weight is 300 g/mol. The maximum absolute atomic E-state index is 13.5. The van der Waals surface area contributed by atoms with Crippen LogP contribution in [-0.4, -0.2) is 43.0 Å². The van der Waals surface area contributed by atoms with Crippen molar-refractivity contribution in [2.24, 2.45) is 0 Å². The fourth-order valence-electron chi connectivity index (χ4n) is 2.26. The van der Waals surface area contributed by atoms with Crippen molar-refractivity contribution in [3.05, 3.63) is 29.0 Å². The Kier molecular flexibility index (Phi) is 5.34. The monoisotopic (exact) mass is 299 g/mol. The first-order valence-electron chi connectivity index (χ1n) is 6.76. The van der Waals surface area contributed by atoms with E-state index in [2.05, 4.69) is 22.5 Å². The Morgan fingerprint density at radius 1 is 1.60 bits per heavy atom. The van der Waals surface area contributed by atoms with Gasteiger partial charge in [0.25, 0.3) is 0 Å². The van der Waals surface area contributed by atoms with Crippen molar-refractivity contribution in [2.45, 2.75) is 19.4 Å². The van der Waals surface area contributed by atoms with Gasteiger partial charge in [-0.3, -0.25) is 9.69 Å². The molecular weight excluding hydrogens is 281 g/mol. The zero-order valence-electron chi connectivity index (χ0n) is 11.5. The number of amides is 1. The van der Waals surface area contributed by atoms with Gasteiger partial charge in [-0.25, -0.2) is 4.39 Å². The van der Waals surface area contributed by atoms with Gasteiger partial charge in [0, 0.05) is 43.7 Å². The molecule has 0 aromatic heterocycles. The minimum absolute atomic E-state index is 0.174. The number of anilines is 1. The lowest BCUT2D eigenvalue weighted by atomic mass is 10.2. The first-order chi connectivity index (χ1) is 9.56. The minimum atomic E-state index is -0.513. The molecule has 6 heteroatoms. The van der Waals surface area contributed by atoms with Crippen molar-refractivity contribution in [2.75, 3.05) is 31.5 Å². The second-order valence-electron chi connectivity index (χ2n) is 5.01. The van der Waals surface area contributed by atoms with E-state index in [-0.39, 0.29) is 11.6 Å². The van der Waals surface area contributed by atoms with Crippen LogP contribution in [0.15, 0.2) is 18.2 Å². The van der Waals surface area contributed by atoms with Gasteiger partial charge >= 0.3 is 0 Å². The van der Waals surface area contributed by atoms with Crippen molar-refractivity contribution in [3.8, 4) is 0 Å². The molecule has 2 N–H and O–H groups in total. The molecular formula is C14H19ClFN3O. The molecule has 0 radical (unpaired) electrons. The third-order valence-electron chi connectivity index (χ3n) is 3.47. The van der Waals surface area contributed by atoms with Gasteiger partial charge in [-0.15, -0.1) is 0 Å². The summed E-state index contributed by atoms with van der Waals surface area (Å²) in [4.78, 5) is 14.1. The van der Waals surface area contributed by atoms with Crippen LogP contribution in [0.2, 0.25) is 5.02 Å². The van der Waals surface area contributed by atoms with Crippen LogP contribution in [0.1, 0.15) is 13.3 Å². The second-order valence-corrected chi connectivity index (χ2v) is 5.45. The number of carbonyl (C=O) groups excluding carboxylic acids is 1. The van der Waals surface area contributed by atoms with Gasteiger partial charge in [0.05, 0.1) is 5.69 Å². The Labute approximate surface area is 123 Å². The van der Waals surface area contributed by atoms with Gasteiger partial charge in [0.1, 0.15) is 5.82 Å². The van der Waals surface area contributed by atoms with Gasteiger partial charge in [0.15, 0.2) is 0 Å². The topological polar surface area (TPSA) is 44.4 Å². The molecule has 0 aliphatic carbocycles. The van der Waals surface area contributed by atoms with Gasteiger partial charge in [-0.05, 0) is 25.1 Å². The molecule has 0 bridgehead atoms. The van der Waals surface area contributed by atoms with Crippen molar-refractivity contribution >= 4 is 23.2 Å². The fourth-order valence-corrected chi connectivity index (χ4v) is 2.42. The predicted molar refractivity (Wildman–Crippen MR) is 78.6 cm³/mol. The molecule has 0 spiro atoms. The molecule has 2 rings (SSSR count). The molecule has 1 aliphatic heterocycles. The maximum atomic E-state index is 13.5. The predicted octanol–water partition coefficient (Wildman–Crippen LogP) is 2.10. The number of piperazine rings is 1. The quantitative estimate of drug-likeness (QED) is 0.895. The molecule has 0 unspecified atom stereocenters. The Morgan fingerprint density at radius 3 is 3.10 bits per heavy atom. The van der Waals surface area contributed by atoms with Crippen LogP contribution in [0.3, 0.4) is 0 Å². The van der Waals surface area contributed by atoms with Crippen LogP contribution in [0, 0.1) is 5.82 Å². The highest BCUT2D eigenvalue weighted by molar-refractivity contribution is 6.30. The summed E-state index contributed by atoms with van der Waals surface area (Å²) < 4.78 is 13.5. The highest BCUT2D eigenvalue weighted by Crippen LogP contribution is 2.19. The molecule has 1 aromatic carbocycles. The lowest BCUT2D eigenvalue weighted by molar-refractivity contribution is -0.116. The second kappa shape index (κ2) is 7.02. The summed E-state index contributed by atoms with van der Waals surface area (Å²) in [6.07, 6.45) is 0.354. The van der Waals surface area contributed by atoms with E-state index < -0.39 is 5.82 Å². The molecule has 20 heavy (non-hydrogen) atoms. The zero-order valence-corrected chi connectivity index (χ0v) is 12.2. The van der Waals surface area contributed by atoms with E-state index in [4.69, 9.17) is 11.6 Å². The number of nitrogens with one attached hydrogen (secondary N) is 2. The summed E-state index contributed by atoms with van der Waals surface area (Å²) >= 11 is 5.67. The number of nitrogens with zero attached hydrogens (tertiary/aromatic N) is 1. The third-order valence-corrected chi connectivity index (χ3v) is 3.71. The van der Waals surface area contributed by atoms with E-state index in [0.29, 0.717) is 24.0 Å². The lowest BCUT2D eigenvalue weighted by Gasteiger charge is -2.33. The molecule has 1 atom stereocenters. The largest absolute Gasteiger partial charge is 0.324 e. The molecule has 1 fully saturated rings. The van der Waals surface area contributed by atoms with E-state index in [9.17, 15) is 9.18 Å². The number of benzene rings is 1. The number of rotatable bonds is 4. The van der Waals surface area contributed by atoms with Crippen LogP contribution in [-0.2, 0) is 4.79 Å². The lowest BCUT2D eigenvalue weighted by Crippen LogP contribution is -2.50. The summed E-state index contributed by atoms with van der Waals surface area (Å²) in [5, 5.41) is 6.19. The van der Waals surface area contributed by atoms with Gasteiger partial charge in [-0.2, -0.15) is 0 Å². The Morgan fingerprint density at radius 2 is 2.40 bits per heavy atom. The molecule has 4 nitrogen and oxygen atoms in total. The van der Waals surface area contributed by atoms with Gasteiger partial charge < -0.3 is 10.6 Å². The summed E-state index contributed by atoms with van der Waals surface area (Å²) in [5.74, 6) is -0.696. The molecule has 110 valence electrons. The highest BCUT2D eigenvalue weighted by atomic mass is 35.5. The van der Waals surface area contributed by atoms with E-state index in [0.717, 1.165) is 19.6 Å². The summed E-state index contributed by atoms with van der Waals surface area (Å²) in [6, 6.07) is 4.64. The molecule has 1 aliphatic rings. The van der Waals surface area contributed by atoms with Crippen LogP contribution < -0.4 is 10.6 Å². The first-order valence-corrected chi connectivity index (χ1v) is 7.14. The molecule has 1 aromatic rings. The SMILES string of the molecule is C[C@H]1CNCCN1CCC(=O)Nc1ccc(Cl)cc1F. The van der Waals surface area contributed by atoms with E-state index in [1.54, 1.807) is 6.07 Å². The van der Waals surface area contributed by atoms with Crippen LogP contribution in [0.25, 0.3) is 0 Å². The van der Waals surface area contributed by atoms with Crippen LogP contribution in [0.4, 0.5) is 10.1 Å². The van der Waals surface area contributed by atoms with Crippen molar-refractivity contribution in [3.63, 3.8) is 0 Å². The minimum Gasteiger partial charge on any atom is -0.324 e. The number of hydrogen-bond acceptors (Lipinski definition) is 3. The summed E-state index contributed by atoms with van der Waals surface area (Å²) in [6.45, 7) is 5.63. The molecule has 1 heterocycles. The fraction of sp³-hybridized carbons (Fsp3) is 0.500. The summed E-state index contributed by atoms with van der Waals surface area (Å²) in [5.41, 5.74) is 0.174. The number of carbonyl (C=O) groups is 1.